The van der Waals surface area contributed by atoms with Crippen LogP contribution in [0.3, 0.4) is 0 Å². The van der Waals surface area contributed by atoms with Crippen molar-refractivity contribution < 1.29 is 9.59 Å². The number of hydrogen-bond donors (Lipinski definition) is 1. The molecular weight excluding hydrogens is 410 g/mol. The first kappa shape index (κ1) is 19.9. The summed E-state index contributed by atoms with van der Waals surface area (Å²) in [5.74, 6) is -0.440. The molecule has 6 rings (SSSR count). The molecule has 2 aliphatic rings. The van der Waals surface area contributed by atoms with Crippen molar-refractivity contribution in [2.24, 2.45) is 0 Å². The number of Topliss-reactive ketones (excluding diaryl/α,β-unsaturated/α-hetero) is 2. The Morgan fingerprint density at radius 1 is 0.818 bits per heavy atom. The number of rotatable bonds is 4. The van der Waals surface area contributed by atoms with Crippen LogP contribution >= 0.6 is 0 Å². The number of ketones is 2. The maximum absolute atomic E-state index is 13.7. The third-order valence-corrected chi connectivity index (χ3v) is 7.18. The number of fused-ring (bicyclic) bond motifs is 2. The largest absolute Gasteiger partial charge is 0.362 e. The van der Waals surface area contributed by atoms with E-state index >= 15 is 0 Å². The first-order valence-electron chi connectivity index (χ1n) is 11.7. The average molecular weight is 436 g/mol. The van der Waals surface area contributed by atoms with Crippen molar-refractivity contribution in [3.05, 3.63) is 95.8 Å². The Bertz CT molecular complexity index is 1330. The third kappa shape index (κ3) is 3.03. The summed E-state index contributed by atoms with van der Waals surface area (Å²) in [6, 6.07) is 22.8. The summed E-state index contributed by atoms with van der Waals surface area (Å²) in [7, 11) is 0. The Kier molecular flexibility index (Phi) is 4.64. The molecule has 0 aliphatic heterocycles. The molecule has 0 unspecified atom stereocenters. The fourth-order valence-electron chi connectivity index (χ4n) is 5.50. The van der Waals surface area contributed by atoms with Crippen LogP contribution in [0, 0.1) is 0 Å². The average Bonchev–Trinajstić information content (AvgIpc) is 3.39. The summed E-state index contributed by atoms with van der Waals surface area (Å²) < 4.78 is 2.28. The molecule has 0 amide bonds. The number of aromatic nitrogens is 2. The monoisotopic (exact) mass is 435 g/mol. The van der Waals surface area contributed by atoms with E-state index in [2.05, 4.69) is 20.9 Å². The molecule has 5 nitrogen and oxygen atoms in total. The van der Waals surface area contributed by atoms with E-state index in [1.165, 1.54) is 32.1 Å². The van der Waals surface area contributed by atoms with Crippen LogP contribution in [-0.2, 0) is 5.54 Å². The van der Waals surface area contributed by atoms with Gasteiger partial charge in [0.1, 0.15) is 0 Å². The lowest BCUT2D eigenvalue weighted by Crippen LogP contribution is -2.46. The fraction of sp³-hybridized carbons (Fsp3) is 0.250. The second kappa shape index (κ2) is 7.69. The minimum atomic E-state index is -1.48. The van der Waals surface area contributed by atoms with Crippen LogP contribution in [0.25, 0.3) is 11.0 Å². The van der Waals surface area contributed by atoms with Gasteiger partial charge >= 0.3 is 0 Å². The summed E-state index contributed by atoms with van der Waals surface area (Å²) >= 11 is 0. The van der Waals surface area contributed by atoms with Crippen LogP contribution in [0.1, 0.15) is 64.4 Å². The van der Waals surface area contributed by atoms with Crippen molar-refractivity contribution in [3.63, 3.8) is 0 Å². The summed E-state index contributed by atoms with van der Waals surface area (Å²) in [5, 5.41) is 3.35. The van der Waals surface area contributed by atoms with Crippen molar-refractivity contribution in [1.29, 1.82) is 0 Å². The quantitative estimate of drug-likeness (QED) is 0.404. The first-order valence-corrected chi connectivity index (χ1v) is 11.7. The zero-order valence-electron chi connectivity index (χ0n) is 18.3. The van der Waals surface area contributed by atoms with E-state index in [9.17, 15) is 9.59 Å². The zero-order chi connectivity index (χ0) is 22.4. The number of anilines is 1. The van der Waals surface area contributed by atoms with E-state index in [0.717, 1.165) is 11.0 Å². The molecule has 0 saturated heterocycles. The van der Waals surface area contributed by atoms with E-state index in [-0.39, 0.29) is 11.6 Å². The Morgan fingerprint density at radius 3 is 2.18 bits per heavy atom. The summed E-state index contributed by atoms with van der Waals surface area (Å²) in [5.41, 5.74) is 2.74. The van der Waals surface area contributed by atoms with Gasteiger partial charge in [-0.3, -0.25) is 9.59 Å². The Morgan fingerprint density at radius 2 is 1.48 bits per heavy atom. The standard InChI is InChI=1S/C28H25N3O2/c32-26-22-13-7-8-14-23(22)27(33)28(26,19-9-3-1-4-10-19)30-20-15-16-25-24(17-20)29-18-31(25)21-11-5-2-6-12-21/h1,3-4,7-10,13-18,21,30H,2,5-6,11-12H2. The number of imidazole rings is 1. The topological polar surface area (TPSA) is 64.0 Å². The minimum absolute atomic E-state index is 0.220. The molecule has 1 aromatic heterocycles. The van der Waals surface area contributed by atoms with Gasteiger partial charge in [-0.15, -0.1) is 0 Å². The van der Waals surface area contributed by atoms with Gasteiger partial charge in [-0.25, -0.2) is 4.98 Å². The molecular formula is C28H25N3O2. The molecule has 0 radical (unpaired) electrons. The van der Waals surface area contributed by atoms with Gasteiger partial charge in [0.05, 0.1) is 17.4 Å². The van der Waals surface area contributed by atoms with Gasteiger partial charge in [-0.1, -0.05) is 73.9 Å². The van der Waals surface area contributed by atoms with E-state index in [1.807, 2.05) is 48.8 Å². The first-order chi connectivity index (χ1) is 16.2. The summed E-state index contributed by atoms with van der Waals surface area (Å²) in [4.78, 5) is 32.1. The molecule has 3 aromatic carbocycles. The highest BCUT2D eigenvalue weighted by Crippen LogP contribution is 2.41. The van der Waals surface area contributed by atoms with Crippen LogP contribution < -0.4 is 5.32 Å². The highest BCUT2D eigenvalue weighted by Gasteiger charge is 2.54. The highest BCUT2D eigenvalue weighted by atomic mass is 16.2. The summed E-state index contributed by atoms with van der Waals surface area (Å²) in [6.45, 7) is 0. The molecule has 2 aliphatic carbocycles. The van der Waals surface area contributed by atoms with Gasteiger partial charge in [0, 0.05) is 22.9 Å². The van der Waals surface area contributed by atoms with Crippen molar-refractivity contribution >= 4 is 28.3 Å². The number of carbonyl (C=O) groups excluding carboxylic acids is 2. The van der Waals surface area contributed by atoms with Crippen molar-refractivity contribution in [3.8, 4) is 0 Å². The maximum Gasteiger partial charge on any atom is 0.201 e. The lowest BCUT2D eigenvalue weighted by molar-refractivity contribution is 0.0819. The number of benzene rings is 3. The van der Waals surface area contributed by atoms with E-state index in [0.29, 0.717) is 28.4 Å². The fourth-order valence-corrected chi connectivity index (χ4v) is 5.50. The maximum atomic E-state index is 13.7. The molecule has 4 aromatic rings. The Hall–Kier alpha value is -3.73. The number of nitrogens with zero attached hydrogens (tertiary/aromatic N) is 2. The van der Waals surface area contributed by atoms with Crippen molar-refractivity contribution in [2.75, 3.05) is 5.32 Å². The molecule has 0 bridgehead atoms. The number of carbonyl (C=O) groups is 2. The second-order valence-corrected chi connectivity index (χ2v) is 9.09. The smallest absolute Gasteiger partial charge is 0.201 e. The van der Waals surface area contributed by atoms with Gasteiger partial charge in [-0.2, -0.15) is 0 Å². The zero-order valence-corrected chi connectivity index (χ0v) is 18.3. The predicted molar refractivity (Wildman–Crippen MR) is 129 cm³/mol. The third-order valence-electron chi connectivity index (χ3n) is 7.18. The van der Waals surface area contributed by atoms with Crippen LogP contribution in [0.5, 0.6) is 0 Å². The van der Waals surface area contributed by atoms with Crippen LogP contribution in [0.2, 0.25) is 0 Å². The van der Waals surface area contributed by atoms with Gasteiger partial charge in [0.2, 0.25) is 11.6 Å². The Labute approximate surface area is 192 Å². The normalized spacial score (nSPS) is 17.9. The molecule has 164 valence electrons. The van der Waals surface area contributed by atoms with Crippen LogP contribution in [-0.4, -0.2) is 21.1 Å². The number of nitrogens with one attached hydrogen (secondary N) is 1. The van der Waals surface area contributed by atoms with Gasteiger partial charge < -0.3 is 9.88 Å². The lowest BCUT2D eigenvalue weighted by Gasteiger charge is -2.29. The lowest BCUT2D eigenvalue weighted by atomic mass is 9.84. The van der Waals surface area contributed by atoms with Gasteiger partial charge in [0.15, 0.2) is 5.54 Å². The molecule has 1 fully saturated rings. The Balaban J connectivity index is 1.43. The van der Waals surface area contributed by atoms with Crippen LogP contribution in [0.4, 0.5) is 5.69 Å². The molecule has 33 heavy (non-hydrogen) atoms. The van der Waals surface area contributed by atoms with E-state index < -0.39 is 5.54 Å². The molecule has 0 atom stereocenters. The molecule has 0 spiro atoms. The molecule has 5 heteroatoms. The highest BCUT2D eigenvalue weighted by molar-refractivity contribution is 6.34. The molecule has 1 N–H and O–H groups in total. The summed E-state index contributed by atoms with van der Waals surface area (Å²) in [6.07, 6.45) is 8.12. The predicted octanol–water partition coefficient (Wildman–Crippen LogP) is 5.93. The number of hydrogen-bond acceptors (Lipinski definition) is 4. The van der Waals surface area contributed by atoms with Gasteiger partial charge in [0.25, 0.3) is 0 Å². The van der Waals surface area contributed by atoms with Gasteiger partial charge in [-0.05, 0) is 36.6 Å². The molecule has 1 heterocycles. The second-order valence-electron chi connectivity index (χ2n) is 9.09. The van der Waals surface area contributed by atoms with E-state index in [4.69, 9.17) is 0 Å². The van der Waals surface area contributed by atoms with E-state index in [1.54, 1.807) is 24.3 Å². The minimum Gasteiger partial charge on any atom is -0.362 e. The molecule has 1 saturated carbocycles. The van der Waals surface area contributed by atoms with Crippen molar-refractivity contribution in [1.82, 2.24) is 9.55 Å². The van der Waals surface area contributed by atoms with Crippen LogP contribution in [0.15, 0.2) is 79.1 Å². The SMILES string of the molecule is O=C1c2ccccc2C(=O)C1(Nc1ccc2c(c1)ncn2C1CCCCC1)c1ccccc1. The van der Waals surface area contributed by atoms with Crippen molar-refractivity contribution in [2.45, 2.75) is 43.7 Å².